The van der Waals surface area contributed by atoms with E-state index in [4.69, 9.17) is 4.98 Å². The van der Waals surface area contributed by atoms with Gasteiger partial charge in [0.2, 0.25) is 5.82 Å². The van der Waals surface area contributed by atoms with Crippen LogP contribution in [0.2, 0.25) is 0 Å². The number of aromatic nitrogens is 8. The molecule has 0 radical (unpaired) electrons. The smallest absolute Gasteiger partial charge is 0.318 e. The quantitative estimate of drug-likeness (QED) is 0.284. The molecule has 10 nitrogen and oxygen atoms in total. The van der Waals surface area contributed by atoms with Crippen LogP contribution in [0.4, 0.5) is 0 Å². The molecule has 206 valence electrons. The predicted molar refractivity (Wildman–Crippen MR) is 154 cm³/mol. The van der Waals surface area contributed by atoms with Crippen molar-refractivity contribution in [2.45, 2.75) is 66.1 Å². The van der Waals surface area contributed by atoms with Gasteiger partial charge in [-0.15, -0.1) is 10.2 Å². The predicted octanol–water partition coefficient (Wildman–Crippen LogP) is 4.27. The van der Waals surface area contributed by atoms with Crippen LogP contribution in [0.1, 0.15) is 51.4 Å². The lowest BCUT2D eigenvalue weighted by molar-refractivity contribution is 0.468. The lowest BCUT2D eigenvalue weighted by Crippen LogP contribution is -2.42. The summed E-state index contributed by atoms with van der Waals surface area (Å²) in [5.74, 6) is 2.04. The number of H-pyrrole nitrogens is 1. The fraction of sp³-hybridized carbons (Fsp3) is 0.400. The fourth-order valence-electron chi connectivity index (χ4n) is 5.35. The van der Waals surface area contributed by atoms with Gasteiger partial charge in [0.25, 0.3) is 5.56 Å². The number of nitrogens with one attached hydrogen (secondary N) is 1. The van der Waals surface area contributed by atoms with Crippen LogP contribution in [0.25, 0.3) is 33.7 Å². The number of aryl methyl sites for hydroxylation is 1. The molecule has 1 N–H and O–H groups in total. The number of tetrazole rings is 1. The average molecular weight is 539 g/mol. The maximum absolute atomic E-state index is 13.8. The van der Waals surface area contributed by atoms with Crippen LogP contribution in [0.5, 0.6) is 0 Å². The first-order valence-corrected chi connectivity index (χ1v) is 14.1. The van der Waals surface area contributed by atoms with Crippen LogP contribution in [0.15, 0.2) is 58.1 Å². The van der Waals surface area contributed by atoms with Gasteiger partial charge in [0.1, 0.15) is 5.82 Å². The van der Waals surface area contributed by atoms with Gasteiger partial charge in [-0.2, -0.15) is 5.21 Å². The summed E-state index contributed by atoms with van der Waals surface area (Å²) in [5.41, 5.74) is 4.55. The number of aromatic amines is 1. The molecule has 2 aromatic carbocycles. The van der Waals surface area contributed by atoms with E-state index in [9.17, 15) is 9.59 Å². The summed E-state index contributed by atoms with van der Waals surface area (Å²) in [6, 6.07) is 16.3. The highest BCUT2D eigenvalue weighted by molar-refractivity contribution is 5.80. The number of hydrogen-bond donors (Lipinski definition) is 1. The monoisotopic (exact) mass is 538 g/mol. The van der Waals surface area contributed by atoms with Crippen LogP contribution < -0.4 is 11.2 Å². The highest BCUT2D eigenvalue weighted by Gasteiger charge is 2.27. The van der Waals surface area contributed by atoms with Crippen molar-refractivity contribution in [1.29, 1.82) is 0 Å². The maximum Gasteiger partial charge on any atom is 0.332 e. The second-order valence-corrected chi connectivity index (χ2v) is 11.2. The summed E-state index contributed by atoms with van der Waals surface area (Å²) in [5, 5.41) is 14.5. The second-order valence-electron chi connectivity index (χ2n) is 11.2. The average Bonchev–Trinajstić information content (AvgIpc) is 3.47. The molecule has 1 fully saturated rings. The molecule has 0 amide bonds. The Morgan fingerprint density at radius 2 is 1.73 bits per heavy atom. The van der Waals surface area contributed by atoms with E-state index in [-0.39, 0.29) is 17.2 Å². The molecule has 1 aliphatic carbocycles. The number of nitrogens with zero attached hydrogens (tertiary/aromatic N) is 7. The number of benzene rings is 2. The molecule has 0 aliphatic heterocycles. The zero-order chi connectivity index (χ0) is 27.8. The first-order chi connectivity index (χ1) is 19.4. The van der Waals surface area contributed by atoms with E-state index in [1.165, 1.54) is 4.57 Å². The summed E-state index contributed by atoms with van der Waals surface area (Å²) < 4.78 is 5.20. The summed E-state index contributed by atoms with van der Waals surface area (Å²) in [4.78, 5) is 32.2. The lowest BCUT2D eigenvalue weighted by Gasteiger charge is -2.14. The van der Waals surface area contributed by atoms with Gasteiger partial charge >= 0.3 is 5.69 Å². The lowest BCUT2D eigenvalue weighted by atomic mass is 9.98. The number of imidazole rings is 1. The Kier molecular flexibility index (Phi) is 6.91. The van der Waals surface area contributed by atoms with E-state index in [0.717, 1.165) is 53.8 Å². The van der Waals surface area contributed by atoms with Crippen molar-refractivity contribution in [3.8, 4) is 22.5 Å². The Balaban J connectivity index is 1.43. The minimum absolute atomic E-state index is 0.173. The van der Waals surface area contributed by atoms with E-state index >= 15 is 0 Å². The van der Waals surface area contributed by atoms with Crippen LogP contribution in [-0.2, 0) is 26.1 Å². The maximum atomic E-state index is 13.8. The van der Waals surface area contributed by atoms with Crippen LogP contribution in [0.3, 0.4) is 0 Å². The van der Waals surface area contributed by atoms with Gasteiger partial charge in [0, 0.05) is 31.6 Å². The Hall–Kier alpha value is -4.34. The molecule has 40 heavy (non-hydrogen) atoms. The SMILES string of the molecule is CCCc1nc2c(c(=O)n(CC(C)C)c(=O)n2CC2CC2)n1Cc1ccc(-c2ccccc2-c2nn[nH]n2)cc1. The molecule has 0 bridgehead atoms. The standard InChI is InChI=1S/C30H34N8O2/c1-4-7-25-31-28-26(29(39)38(16-19(2)3)30(40)37(28)18-20-10-11-20)36(25)17-21-12-14-22(15-13-21)23-8-5-6-9-24(23)27-32-34-35-33-27/h5-6,8-9,12-15,19-20H,4,7,10-11,16-18H2,1-3H3,(H,32,33,34,35). The number of hydrogen-bond acceptors (Lipinski definition) is 6. The van der Waals surface area contributed by atoms with E-state index < -0.39 is 0 Å². The molecular formula is C30H34N8O2. The molecule has 3 heterocycles. The Morgan fingerprint density at radius 3 is 2.38 bits per heavy atom. The molecule has 10 heteroatoms. The molecule has 0 saturated heterocycles. The van der Waals surface area contributed by atoms with Gasteiger partial charge in [-0.25, -0.2) is 9.78 Å². The minimum atomic E-state index is -0.249. The highest BCUT2D eigenvalue weighted by Crippen LogP contribution is 2.32. The Morgan fingerprint density at radius 1 is 0.975 bits per heavy atom. The van der Waals surface area contributed by atoms with E-state index in [1.54, 1.807) is 4.57 Å². The van der Waals surface area contributed by atoms with Crippen molar-refractivity contribution in [1.82, 2.24) is 39.3 Å². The van der Waals surface area contributed by atoms with E-state index in [0.29, 0.717) is 42.5 Å². The minimum Gasteiger partial charge on any atom is -0.318 e. The van der Waals surface area contributed by atoms with Gasteiger partial charge in [-0.1, -0.05) is 69.3 Å². The third-order valence-corrected chi connectivity index (χ3v) is 7.47. The van der Waals surface area contributed by atoms with E-state index in [2.05, 4.69) is 51.8 Å². The topological polar surface area (TPSA) is 116 Å². The van der Waals surface area contributed by atoms with Gasteiger partial charge in [0.15, 0.2) is 11.2 Å². The van der Waals surface area contributed by atoms with Crippen LogP contribution >= 0.6 is 0 Å². The first kappa shape index (κ1) is 25.9. The third-order valence-electron chi connectivity index (χ3n) is 7.47. The molecule has 0 spiro atoms. The molecule has 6 rings (SSSR count). The molecule has 1 aliphatic rings. The van der Waals surface area contributed by atoms with Crippen molar-refractivity contribution in [3.63, 3.8) is 0 Å². The molecule has 3 aromatic heterocycles. The van der Waals surface area contributed by atoms with Crippen LogP contribution in [-0.4, -0.2) is 39.3 Å². The van der Waals surface area contributed by atoms with E-state index in [1.807, 2.05) is 42.7 Å². The summed E-state index contributed by atoms with van der Waals surface area (Å²) in [6.45, 7) is 7.66. The first-order valence-electron chi connectivity index (χ1n) is 14.1. The van der Waals surface area contributed by atoms with Gasteiger partial charge < -0.3 is 4.57 Å². The fourth-order valence-corrected chi connectivity index (χ4v) is 5.35. The normalized spacial score (nSPS) is 13.5. The van der Waals surface area contributed by atoms with Gasteiger partial charge in [0.05, 0.1) is 0 Å². The third kappa shape index (κ3) is 4.89. The second kappa shape index (κ2) is 10.7. The Labute approximate surface area is 231 Å². The molecule has 1 saturated carbocycles. The van der Waals surface area contributed by atoms with Crippen molar-refractivity contribution in [2.24, 2.45) is 11.8 Å². The van der Waals surface area contributed by atoms with Gasteiger partial charge in [-0.05, 0) is 53.0 Å². The molecular weight excluding hydrogens is 504 g/mol. The molecule has 5 aromatic rings. The van der Waals surface area contributed by atoms with Crippen molar-refractivity contribution < 1.29 is 0 Å². The Bertz CT molecular complexity index is 1760. The summed E-state index contributed by atoms with van der Waals surface area (Å²) >= 11 is 0. The molecule has 0 unspecified atom stereocenters. The largest absolute Gasteiger partial charge is 0.332 e. The summed E-state index contributed by atoms with van der Waals surface area (Å²) in [7, 11) is 0. The van der Waals surface area contributed by atoms with Crippen LogP contribution in [0, 0.1) is 11.8 Å². The zero-order valence-electron chi connectivity index (χ0n) is 23.2. The highest BCUT2D eigenvalue weighted by atomic mass is 16.2. The summed E-state index contributed by atoms with van der Waals surface area (Å²) in [6.07, 6.45) is 3.85. The molecule has 0 atom stereocenters. The van der Waals surface area contributed by atoms with Crippen molar-refractivity contribution in [2.75, 3.05) is 0 Å². The van der Waals surface area contributed by atoms with Gasteiger partial charge in [-0.3, -0.25) is 13.9 Å². The van der Waals surface area contributed by atoms with Crippen molar-refractivity contribution >= 4 is 11.2 Å². The zero-order valence-corrected chi connectivity index (χ0v) is 23.2. The number of fused-ring (bicyclic) bond motifs is 1. The van der Waals surface area contributed by atoms with Crippen molar-refractivity contribution in [3.05, 3.63) is 80.8 Å². The number of rotatable bonds is 10.